The van der Waals surface area contributed by atoms with Crippen LogP contribution in [0.25, 0.3) is 11.1 Å². The highest BCUT2D eigenvalue weighted by Crippen LogP contribution is 2.54. The number of benzene rings is 10. The van der Waals surface area contributed by atoms with E-state index in [0.29, 0.717) is 0 Å². The molecule has 2 fully saturated rings. The molecule has 0 aromatic heterocycles. The Morgan fingerprint density at radius 2 is 0.520 bits per heavy atom. The summed E-state index contributed by atoms with van der Waals surface area (Å²) in [4.78, 5) is 217. The molecule has 0 radical (unpaired) electrons. The minimum absolute atomic E-state index is 0.00647. The second kappa shape index (κ2) is 45.2. The van der Waals surface area contributed by atoms with E-state index in [1.54, 1.807) is 146 Å². The van der Waals surface area contributed by atoms with Crippen LogP contribution in [-0.4, -0.2) is 232 Å². The molecule has 8 aliphatic rings. The molecule has 6 aliphatic heterocycles. The predicted molar refractivity (Wildman–Crippen MR) is 503 cm³/mol. The van der Waals surface area contributed by atoms with Crippen LogP contribution in [-0.2, 0) is 105 Å². The largest absolute Gasteiger partial charge is 0.459 e. The molecule has 40 heteroatoms. The Morgan fingerprint density at radius 1 is 0.277 bits per heavy atom. The molecule has 18 rings (SSSR count). The first-order valence-corrected chi connectivity index (χ1v) is 46.1. The van der Waals surface area contributed by atoms with Crippen molar-refractivity contribution >= 4 is 107 Å². The van der Waals surface area contributed by atoms with Crippen molar-refractivity contribution in [2.24, 2.45) is 0 Å². The van der Waals surface area contributed by atoms with Crippen LogP contribution < -0.4 is 39.1 Å². The van der Waals surface area contributed by atoms with Gasteiger partial charge >= 0.3 is 83.6 Å². The quantitative estimate of drug-likeness (QED) is 0.0340. The standard InChI is InChI=1S/2C54H45NO19/c2*1-28(56)67-38-25-36-35-24-37-42(66-27-65-37)45(40(35)49(59)55-41(36)46(69-30(3)58)43(38)68-29(2)57)74-54-48(73-53(63)34-22-14-7-15-23-34)47(72-52(62)33-20-12-6-13-21-33)44(71-51(61)32-18-10-5-11-19-32)39(70-54)26-64-50(60)31-16-8-4-9-17-31/h2*4-25,38-39,41,43-44,46-48,54H,26-27H2,1-3H3,(H,55,59)/t38-,39+,41+,43+,44+,46-,47-,48+,54+;38-,39+,41+,43+,44+,46-,47-,48+,54-/m00/s1. The first kappa shape index (κ1) is 101. The number of carbonyl (C=O) groups excluding carboxylic acids is 16. The molecule has 2 aliphatic carbocycles. The van der Waals surface area contributed by atoms with E-state index in [9.17, 15) is 76.7 Å². The van der Waals surface area contributed by atoms with E-state index in [1.165, 1.54) is 121 Å². The van der Waals surface area contributed by atoms with Gasteiger partial charge in [-0.1, -0.05) is 146 Å². The molecule has 0 saturated carbocycles. The number of amides is 2. The normalized spacial score (nSPS) is 23.1. The SMILES string of the molecule is CC(=O)O[C@@H]1[C@H](OC(C)=O)[C@@H](OC(C)=O)C=C2c3cc4c(c(O[C@@H]5O[C@H](COC(=O)c6ccccc6)[C@@H](OC(=O)c6ccccc6)[C@H](OC(=O)c6ccccc6)[C@H]5OC(=O)c5ccccc5)c3C(=O)N[C@H]21)OCO4.CC(=O)O[C@@H]1[C@H](OC(C)=O)[C@@H](OC(C)=O)C=C2c3cc4c(c(O[C@H]5O[C@H](COC(=O)c6ccccc6)[C@@H](OC(=O)c6ccccc6)[C@H](OC(=O)c6ccccc6)[C@H]5OC(=O)c5ccccc5)c3C(=O)N[C@H]21)OCO4. The number of hydrogen-bond acceptors (Lipinski definition) is 38. The van der Waals surface area contributed by atoms with Crippen LogP contribution in [0.3, 0.4) is 0 Å². The van der Waals surface area contributed by atoms with Gasteiger partial charge in [0.2, 0.25) is 49.9 Å². The van der Waals surface area contributed by atoms with Gasteiger partial charge in [-0.2, -0.15) is 0 Å². The molecular weight excluding hydrogens is 1930 g/mol. The second-order valence-electron chi connectivity index (χ2n) is 34.0. The van der Waals surface area contributed by atoms with Crippen molar-refractivity contribution < 1.29 is 181 Å². The van der Waals surface area contributed by atoms with E-state index < -0.39 is 232 Å². The number of esters is 14. The number of carbonyl (C=O) groups is 16. The summed E-state index contributed by atoms with van der Waals surface area (Å²) in [7, 11) is 0. The van der Waals surface area contributed by atoms with Gasteiger partial charge in [0.25, 0.3) is 11.8 Å². The van der Waals surface area contributed by atoms with Crippen LogP contribution >= 0.6 is 0 Å². The molecule has 2 N–H and O–H groups in total. The molecule has 10 aromatic carbocycles. The van der Waals surface area contributed by atoms with Crippen LogP contribution in [0.15, 0.2) is 267 Å². The Kier molecular flexibility index (Phi) is 31.0. The third-order valence-electron chi connectivity index (χ3n) is 24.0. The van der Waals surface area contributed by atoms with E-state index in [4.69, 9.17) is 104 Å². The summed E-state index contributed by atoms with van der Waals surface area (Å²) in [5.74, 6) is -15.1. The fourth-order valence-electron chi connectivity index (χ4n) is 17.6. The molecule has 148 heavy (non-hydrogen) atoms. The van der Waals surface area contributed by atoms with Crippen LogP contribution in [0.2, 0.25) is 0 Å². The third kappa shape index (κ3) is 22.9. The lowest BCUT2D eigenvalue weighted by Crippen LogP contribution is -2.64. The third-order valence-corrected chi connectivity index (χ3v) is 24.0. The molecule has 40 nitrogen and oxygen atoms in total. The highest BCUT2D eigenvalue weighted by Gasteiger charge is 2.60. The lowest BCUT2D eigenvalue weighted by Gasteiger charge is -2.45. The number of fused-ring (bicyclic) bond motifs is 8. The zero-order valence-corrected chi connectivity index (χ0v) is 79.1. The Balaban J connectivity index is 0.000000202. The molecular formula is C108H90N2O38. The van der Waals surface area contributed by atoms with E-state index in [1.807, 2.05) is 0 Å². The number of rotatable bonds is 28. The van der Waals surface area contributed by atoms with Crippen LogP contribution in [0.4, 0.5) is 0 Å². The van der Waals surface area contributed by atoms with Gasteiger partial charge in [-0.3, -0.25) is 38.4 Å². The van der Waals surface area contributed by atoms with E-state index in [0.717, 1.165) is 41.5 Å². The first-order valence-electron chi connectivity index (χ1n) is 46.1. The Labute approximate surface area is 840 Å². The summed E-state index contributed by atoms with van der Waals surface area (Å²) >= 11 is 0. The average molecular weight is 2020 g/mol. The molecule has 0 bridgehead atoms. The van der Waals surface area contributed by atoms with Gasteiger partial charge in [0.05, 0.1) is 67.7 Å². The van der Waals surface area contributed by atoms with Crippen LogP contribution in [0, 0.1) is 0 Å². The smallest absolute Gasteiger partial charge is 0.338 e. The second-order valence-corrected chi connectivity index (χ2v) is 34.0. The predicted octanol–water partition coefficient (Wildman–Crippen LogP) is 10.7. The maximum absolute atomic E-state index is 14.8. The van der Waals surface area contributed by atoms with Gasteiger partial charge in [0, 0.05) is 52.7 Å². The topological polar surface area (TPSA) is 500 Å². The summed E-state index contributed by atoms with van der Waals surface area (Å²) in [6.45, 7) is 4.46. The summed E-state index contributed by atoms with van der Waals surface area (Å²) in [5, 5.41) is 5.58. The maximum atomic E-state index is 14.8. The van der Waals surface area contributed by atoms with Crippen molar-refractivity contribution in [2.75, 3.05) is 26.8 Å². The Hall–Kier alpha value is -18.1. The number of ether oxygens (including phenoxy) is 22. The first-order chi connectivity index (χ1) is 71.5. The van der Waals surface area contributed by atoms with E-state index in [2.05, 4.69) is 10.6 Å². The maximum Gasteiger partial charge on any atom is 0.338 e. The molecule has 760 valence electrons. The van der Waals surface area contributed by atoms with Gasteiger partial charge in [0.1, 0.15) is 25.4 Å². The van der Waals surface area contributed by atoms with Crippen molar-refractivity contribution in [2.45, 2.75) is 152 Å². The molecule has 0 unspecified atom stereocenters. The van der Waals surface area contributed by atoms with Crippen molar-refractivity contribution in [3.63, 3.8) is 0 Å². The Morgan fingerprint density at radius 3 is 0.784 bits per heavy atom. The molecule has 0 spiro atoms. The van der Waals surface area contributed by atoms with Crippen LogP contribution in [0.5, 0.6) is 34.5 Å². The zero-order valence-electron chi connectivity index (χ0n) is 79.1. The summed E-state index contributed by atoms with van der Waals surface area (Å²) in [6.07, 6.45) is -23.8. The van der Waals surface area contributed by atoms with Gasteiger partial charge in [-0.15, -0.1) is 0 Å². The monoisotopic (exact) mass is 2020 g/mol. The minimum atomic E-state index is -1.97. The van der Waals surface area contributed by atoms with Gasteiger partial charge < -0.3 is 115 Å². The number of hydrogen-bond donors (Lipinski definition) is 2. The van der Waals surface area contributed by atoms with Crippen LogP contribution in [0.1, 0.15) is 156 Å². The van der Waals surface area contributed by atoms with E-state index in [-0.39, 0.29) is 112 Å². The van der Waals surface area contributed by atoms with Gasteiger partial charge in [0.15, 0.2) is 84.0 Å². The van der Waals surface area contributed by atoms with Crippen molar-refractivity contribution in [1.82, 2.24) is 10.6 Å². The summed E-state index contributed by atoms with van der Waals surface area (Å²) in [6, 6.07) is 62.8. The van der Waals surface area contributed by atoms with Gasteiger partial charge in [-0.25, -0.2) is 38.4 Å². The van der Waals surface area contributed by atoms with Gasteiger partial charge in [-0.05, 0) is 132 Å². The Bertz CT molecular complexity index is 6410. The molecule has 2 amide bonds. The number of nitrogens with one attached hydrogen (secondary N) is 2. The lowest BCUT2D eigenvalue weighted by molar-refractivity contribution is -0.275. The molecule has 10 aromatic rings. The fraction of sp³-hybridized carbons (Fsp3) is 0.259. The fourth-order valence-corrected chi connectivity index (χ4v) is 17.6. The van der Waals surface area contributed by atoms with E-state index >= 15 is 0 Å². The van der Waals surface area contributed by atoms with Crippen molar-refractivity contribution in [1.29, 1.82) is 0 Å². The molecule has 18 atom stereocenters. The molecule has 2 saturated heterocycles. The zero-order chi connectivity index (χ0) is 104. The minimum Gasteiger partial charge on any atom is -0.459 e. The highest BCUT2D eigenvalue weighted by molar-refractivity contribution is 6.09. The summed E-state index contributed by atoms with van der Waals surface area (Å²) < 4.78 is 133. The highest BCUT2D eigenvalue weighted by atomic mass is 16.8. The average Bonchev–Trinajstić information content (AvgIpc) is 1.25. The van der Waals surface area contributed by atoms with Crippen molar-refractivity contribution in [3.05, 3.63) is 334 Å². The lowest BCUT2D eigenvalue weighted by atomic mass is 9.79. The summed E-state index contributed by atoms with van der Waals surface area (Å²) in [5.41, 5.74) is 0.528. The van der Waals surface area contributed by atoms with Crippen molar-refractivity contribution in [3.8, 4) is 34.5 Å². The molecule has 6 heterocycles.